The zero-order chi connectivity index (χ0) is 20.7. The van der Waals surface area contributed by atoms with E-state index in [0.717, 1.165) is 56.6 Å². The van der Waals surface area contributed by atoms with Crippen LogP contribution in [0.4, 0.5) is 0 Å². The third kappa shape index (κ3) is 15.9. The van der Waals surface area contributed by atoms with Crippen LogP contribution in [0.3, 0.4) is 0 Å². The van der Waals surface area contributed by atoms with Crippen molar-refractivity contribution in [3.8, 4) is 0 Å². The number of carbonyl (C=O) groups is 2. The second kappa shape index (κ2) is 15.2. The number of hydrogen-bond acceptors (Lipinski definition) is 5. The highest BCUT2D eigenvalue weighted by atomic mass is 32.2. The highest BCUT2D eigenvalue weighted by Crippen LogP contribution is 2.19. The molecule has 0 aliphatic rings. The van der Waals surface area contributed by atoms with Crippen LogP contribution < -0.4 is 0 Å². The Morgan fingerprint density at radius 1 is 1.04 bits per heavy atom. The number of quaternary nitrogens is 1. The molecule has 0 heterocycles. The minimum atomic E-state index is -0.772. The lowest BCUT2D eigenvalue weighted by atomic mass is 9.97. The minimum Gasteiger partial charge on any atom is -0.477 e. The largest absolute Gasteiger partial charge is 0.477 e. The molecule has 0 rings (SSSR count). The second-order valence-corrected chi connectivity index (χ2v) is 9.46. The maximum Gasteiger partial charge on any atom is 0.359 e. The van der Waals surface area contributed by atoms with Gasteiger partial charge in [0, 0.05) is 12.4 Å². The van der Waals surface area contributed by atoms with Gasteiger partial charge in [0.2, 0.25) is 0 Å². The van der Waals surface area contributed by atoms with E-state index in [1.54, 1.807) is 0 Å². The quantitative estimate of drug-likeness (QED) is 0.219. The van der Waals surface area contributed by atoms with Gasteiger partial charge in [0.25, 0.3) is 0 Å². The molecular formula is C20H40NO5S+. The van der Waals surface area contributed by atoms with Gasteiger partial charge in [0.1, 0.15) is 0 Å². The van der Waals surface area contributed by atoms with E-state index in [0.29, 0.717) is 17.0 Å². The van der Waals surface area contributed by atoms with Crippen molar-refractivity contribution < 1.29 is 29.0 Å². The number of aliphatic carboxylic acids is 1. The van der Waals surface area contributed by atoms with Crippen LogP contribution in [0.25, 0.3) is 0 Å². The molecule has 7 heteroatoms. The number of likely N-dealkylation sites (N-methyl/N-ethyl adjacent to an activating group) is 1. The molecule has 2 N–H and O–H groups in total. The molecule has 0 radical (unpaired) electrons. The van der Waals surface area contributed by atoms with E-state index in [4.69, 9.17) is 14.9 Å². The summed E-state index contributed by atoms with van der Waals surface area (Å²) in [6, 6.07) is 0. The van der Waals surface area contributed by atoms with Crippen LogP contribution in [0, 0.1) is 11.8 Å². The van der Waals surface area contributed by atoms with Gasteiger partial charge in [-0.1, -0.05) is 20.3 Å². The summed E-state index contributed by atoms with van der Waals surface area (Å²) < 4.78 is 5.92. The standard InChI is InChI=1S/C20H39NO5S/c1-17(2)10-13-26-20(25)18(8-5-6-12-22)9-7-14-27-15-11-21(3,4)16-19(23)24/h17-18,22H,5-16H2,1-4H3/p+1. The number of carboxylic acid groups (broad SMARTS) is 1. The number of esters is 1. The van der Waals surface area contributed by atoms with Crippen molar-refractivity contribution >= 4 is 23.7 Å². The monoisotopic (exact) mass is 406 g/mol. The predicted octanol–water partition coefficient (Wildman–Crippen LogP) is 3.03. The van der Waals surface area contributed by atoms with Crippen LogP contribution in [-0.4, -0.2) is 78.5 Å². The first kappa shape index (κ1) is 26.2. The molecule has 0 saturated heterocycles. The van der Waals surface area contributed by atoms with E-state index in [1.807, 2.05) is 25.9 Å². The normalized spacial score (nSPS) is 13.0. The summed E-state index contributed by atoms with van der Waals surface area (Å²) in [5, 5.41) is 17.9. The van der Waals surface area contributed by atoms with Gasteiger partial charge in [-0.2, -0.15) is 11.8 Å². The number of unbranched alkanes of at least 4 members (excludes halogenated alkanes) is 1. The summed E-state index contributed by atoms with van der Waals surface area (Å²) in [5.74, 6) is 1.44. The van der Waals surface area contributed by atoms with Gasteiger partial charge >= 0.3 is 11.9 Å². The number of carboxylic acids is 1. The Labute approximate surface area is 169 Å². The molecule has 0 aromatic carbocycles. The number of ether oxygens (including phenoxy) is 1. The fourth-order valence-electron chi connectivity index (χ4n) is 2.69. The molecular weight excluding hydrogens is 366 g/mol. The molecule has 0 aliphatic heterocycles. The Morgan fingerprint density at radius 3 is 2.30 bits per heavy atom. The molecule has 0 aromatic rings. The predicted molar refractivity (Wildman–Crippen MR) is 111 cm³/mol. The first-order valence-corrected chi connectivity index (χ1v) is 11.2. The fourth-order valence-corrected chi connectivity index (χ4v) is 3.88. The molecule has 0 saturated carbocycles. The molecule has 160 valence electrons. The van der Waals surface area contributed by atoms with Crippen LogP contribution in [0.2, 0.25) is 0 Å². The van der Waals surface area contributed by atoms with Gasteiger partial charge in [-0.15, -0.1) is 0 Å². The number of hydrogen-bond donors (Lipinski definition) is 2. The lowest BCUT2D eigenvalue weighted by Gasteiger charge is -2.27. The molecule has 0 aliphatic carbocycles. The smallest absolute Gasteiger partial charge is 0.359 e. The highest BCUT2D eigenvalue weighted by molar-refractivity contribution is 7.99. The van der Waals surface area contributed by atoms with Crippen LogP contribution in [0.15, 0.2) is 0 Å². The number of nitrogens with zero attached hydrogens (tertiary/aromatic N) is 1. The van der Waals surface area contributed by atoms with Gasteiger partial charge in [0.15, 0.2) is 6.54 Å². The SMILES string of the molecule is CC(C)CCOC(=O)C(CCCCO)CCCSCC[N+](C)(C)CC(=O)O. The first-order chi connectivity index (χ1) is 12.7. The molecule has 0 spiro atoms. The van der Waals surface area contributed by atoms with Crippen molar-refractivity contribution in [2.75, 3.05) is 51.9 Å². The Kier molecular flexibility index (Phi) is 14.7. The average molecular weight is 407 g/mol. The van der Waals surface area contributed by atoms with Gasteiger partial charge in [0.05, 0.1) is 33.2 Å². The lowest BCUT2D eigenvalue weighted by Crippen LogP contribution is -2.45. The maximum absolute atomic E-state index is 12.3. The number of carbonyl (C=O) groups excluding carboxylic acids is 1. The summed E-state index contributed by atoms with van der Waals surface area (Å²) in [6.45, 7) is 5.82. The van der Waals surface area contributed by atoms with Crippen LogP contribution >= 0.6 is 11.8 Å². The molecule has 0 amide bonds. The summed E-state index contributed by atoms with van der Waals surface area (Å²) in [4.78, 5) is 23.2. The van der Waals surface area contributed by atoms with Crippen LogP contribution in [-0.2, 0) is 14.3 Å². The fraction of sp³-hybridized carbons (Fsp3) is 0.900. The molecule has 0 fully saturated rings. The average Bonchev–Trinajstić information content (AvgIpc) is 2.54. The van der Waals surface area contributed by atoms with Gasteiger partial charge in [-0.25, -0.2) is 4.79 Å². The molecule has 1 unspecified atom stereocenters. The minimum absolute atomic E-state index is 0.0801. The van der Waals surface area contributed by atoms with Crippen molar-refractivity contribution in [3.05, 3.63) is 0 Å². The van der Waals surface area contributed by atoms with Gasteiger partial charge in [-0.3, -0.25) is 4.79 Å². The van der Waals surface area contributed by atoms with Crippen molar-refractivity contribution in [3.63, 3.8) is 0 Å². The topological polar surface area (TPSA) is 83.8 Å². The summed E-state index contributed by atoms with van der Waals surface area (Å²) in [5.41, 5.74) is 0. The van der Waals surface area contributed by atoms with Gasteiger partial charge < -0.3 is 19.4 Å². The van der Waals surface area contributed by atoms with E-state index < -0.39 is 5.97 Å². The lowest BCUT2D eigenvalue weighted by molar-refractivity contribution is -0.880. The van der Waals surface area contributed by atoms with Crippen molar-refractivity contribution in [2.24, 2.45) is 11.8 Å². The first-order valence-electron chi connectivity index (χ1n) is 10.1. The van der Waals surface area contributed by atoms with Crippen LogP contribution in [0.5, 0.6) is 0 Å². The summed E-state index contributed by atoms with van der Waals surface area (Å²) in [6.07, 6.45) is 4.98. The number of aliphatic hydroxyl groups excluding tert-OH is 1. The Bertz CT molecular complexity index is 415. The summed E-state index contributed by atoms with van der Waals surface area (Å²) in [7, 11) is 3.86. The van der Waals surface area contributed by atoms with E-state index in [2.05, 4.69) is 13.8 Å². The molecule has 0 aromatic heterocycles. The van der Waals surface area contributed by atoms with Crippen molar-refractivity contribution in [1.82, 2.24) is 0 Å². The molecule has 1 atom stereocenters. The van der Waals surface area contributed by atoms with Crippen molar-refractivity contribution in [2.45, 2.75) is 52.4 Å². The van der Waals surface area contributed by atoms with E-state index in [-0.39, 0.29) is 25.0 Å². The third-order valence-electron chi connectivity index (χ3n) is 4.48. The van der Waals surface area contributed by atoms with E-state index in [9.17, 15) is 9.59 Å². The Balaban J connectivity index is 4.12. The van der Waals surface area contributed by atoms with Crippen molar-refractivity contribution in [1.29, 1.82) is 0 Å². The number of aliphatic hydroxyl groups is 1. The molecule has 6 nitrogen and oxygen atoms in total. The molecule has 0 bridgehead atoms. The zero-order valence-electron chi connectivity index (χ0n) is 17.6. The number of thioether (sulfide) groups is 1. The Morgan fingerprint density at radius 2 is 1.70 bits per heavy atom. The molecule has 27 heavy (non-hydrogen) atoms. The van der Waals surface area contributed by atoms with E-state index >= 15 is 0 Å². The highest BCUT2D eigenvalue weighted by Gasteiger charge is 2.20. The number of rotatable bonds is 17. The second-order valence-electron chi connectivity index (χ2n) is 8.23. The Hall–Kier alpha value is -0.790. The third-order valence-corrected chi connectivity index (χ3v) is 5.53. The zero-order valence-corrected chi connectivity index (χ0v) is 18.4. The van der Waals surface area contributed by atoms with Gasteiger partial charge in [-0.05, 0) is 43.8 Å². The van der Waals surface area contributed by atoms with E-state index in [1.165, 1.54) is 0 Å². The maximum atomic E-state index is 12.3. The summed E-state index contributed by atoms with van der Waals surface area (Å²) >= 11 is 1.81. The van der Waals surface area contributed by atoms with Crippen LogP contribution in [0.1, 0.15) is 52.4 Å².